The maximum Gasteiger partial charge on any atom is 0.433 e. The molecular formula is C23H20F6N8O3. The van der Waals surface area contributed by atoms with E-state index in [1.165, 1.54) is 26.1 Å². The Morgan fingerprint density at radius 2 is 1.75 bits per heavy atom. The van der Waals surface area contributed by atoms with Crippen molar-refractivity contribution in [3.8, 4) is 0 Å². The van der Waals surface area contributed by atoms with Crippen LogP contribution in [0.5, 0.6) is 0 Å². The molecule has 1 atom stereocenters. The minimum absolute atomic E-state index is 0.00965. The first-order chi connectivity index (χ1) is 18.7. The van der Waals surface area contributed by atoms with Gasteiger partial charge < -0.3 is 15.8 Å². The fourth-order valence-corrected chi connectivity index (χ4v) is 3.13. The summed E-state index contributed by atoms with van der Waals surface area (Å²) in [5.74, 6) is 0.920. The van der Waals surface area contributed by atoms with Crippen LogP contribution in [0.3, 0.4) is 0 Å². The smallest absolute Gasteiger partial charge is 0.433 e. The Bertz CT molecular complexity index is 1450. The lowest BCUT2D eigenvalue weighted by atomic mass is 10.2. The van der Waals surface area contributed by atoms with E-state index in [1.807, 2.05) is 0 Å². The third-order valence-electron chi connectivity index (χ3n) is 5.06. The van der Waals surface area contributed by atoms with Crippen molar-refractivity contribution in [3.05, 3.63) is 88.8 Å². The topological polar surface area (TPSA) is 161 Å². The van der Waals surface area contributed by atoms with Gasteiger partial charge in [-0.1, -0.05) is 0 Å². The lowest BCUT2D eigenvalue weighted by molar-refractivity contribution is -0.141. The highest BCUT2D eigenvalue weighted by atomic mass is 19.4. The van der Waals surface area contributed by atoms with Gasteiger partial charge in [-0.15, -0.1) is 0 Å². The van der Waals surface area contributed by atoms with E-state index >= 15 is 0 Å². The summed E-state index contributed by atoms with van der Waals surface area (Å²) in [4.78, 5) is 34.7. The third kappa shape index (κ3) is 7.13. The first-order valence-electron chi connectivity index (χ1n) is 11.0. The second-order valence-electron chi connectivity index (χ2n) is 8.00. The van der Waals surface area contributed by atoms with Crippen LogP contribution in [0.2, 0.25) is 0 Å². The molecule has 0 aliphatic rings. The van der Waals surface area contributed by atoms with Crippen molar-refractivity contribution in [2.45, 2.75) is 19.2 Å². The van der Waals surface area contributed by atoms with Crippen LogP contribution in [0.25, 0.3) is 5.70 Å². The predicted octanol–water partition coefficient (Wildman–Crippen LogP) is 3.44. The molecule has 17 heteroatoms. The zero-order valence-corrected chi connectivity index (χ0v) is 20.6. The molecule has 0 aromatic carbocycles. The van der Waals surface area contributed by atoms with E-state index in [4.69, 9.17) is 16.3 Å². The summed E-state index contributed by atoms with van der Waals surface area (Å²) in [6.07, 6.45) is -5.53. The Balaban J connectivity index is 1.73. The number of hydrogen-bond acceptors (Lipinski definition) is 9. The number of carbonyl (C=O) groups excluding carboxylic acids is 2. The number of hydrogen-bond donors (Lipinski definition) is 4. The average Bonchev–Trinajstić information content (AvgIpc) is 2.87. The summed E-state index contributed by atoms with van der Waals surface area (Å²) in [5.41, 5.74) is 3.34. The number of anilines is 1. The maximum atomic E-state index is 14.0. The fourth-order valence-electron chi connectivity index (χ4n) is 3.13. The molecule has 0 saturated heterocycles. The minimum Gasteiger partial charge on any atom is -0.441 e. The fraction of sp³-hybridized carbons (Fsp3) is 0.174. The zero-order chi connectivity index (χ0) is 29.8. The van der Waals surface area contributed by atoms with Crippen molar-refractivity contribution in [2.75, 3.05) is 12.4 Å². The Hall–Kier alpha value is -4.93. The van der Waals surface area contributed by atoms with Crippen LogP contribution in [0.1, 0.15) is 40.3 Å². The molecule has 3 heterocycles. The molecule has 3 aromatic heterocycles. The Morgan fingerprint density at radius 3 is 2.33 bits per heavy atom. The summed E-state index contributed by atoms with van der Waals surface area (Å²) < 4.78 is 84.2. The van der Waals surface area contributed by atoms with E-state index in [0.29, 0.717) is 18.3 Å². The number of rotatable bonds is 7. The predicted molar refractivity (Wildman–Crippen MR) is 127 cm³/mol. The number of hydrazine groups is 1. The summed E-state index contributed by atoms with van der Waals surface area (Å²) in [5, 5.41) is 5.41. The van der Waals surface area contributed by atoms with Gasteiger partial charge in [-0.3, -0.25) is 20.1 Å². The van der Waals surface area contributed by atoms with Gasteiger partial charge in [-0.05, 0) is 37.3 Å². The van der Waals surface area contributed by atoms with Gasteiger partial charge in [0.25, 0.3) is 5.91 Å². The van der Waals surface area contributed by atoms with E-state index < -0.39 is 53.3 Å². The Labute approximate surface area is 221 Å². The number of aromatic nitrogens is 3. The van der Waals surface area contributed by atoms with Crippen molar-refractivity contribution in [1.29, 1.82) is 0 Å². The van der Waals surface area contributed by atoms with Crippen molar-refractivity contribution in [2.24, 2.45) is 11.6 Å². The number of alkyl carbamates (subject to hydrolysis) is 1. The van der Waals surface area contributed by atoms with Crippen LogP contribution >= 0.6 is 0 Å². The Kier molecular flexibility index (Phi) is 8.78. The largest absolute Gasteiger partial charge is 0.441 e. The maximum absolute atomic E-state index is 14.0. The number of alkyl halides is 3. The zero-order valence-electron chi connectivity index (χ0n) is 20.6. The molecule has 2 amide bonds. The monoisotopic (exact) mass is 570 g/mol. The Morgan fingerprint density at radius 1 is 1.05 bits per heavy atom. The van der Waals surface area contributed by atoms with Crippen molar-refractivity contribution in [3.63, 3.8) is 0 Å². The molecule has 6 N–H and O–H groups in total. The van der Waals surface area contributed by atoms with Crippen molar-refractivity contribution in [1.82, 2.24) is 25.3 Å². The van der Waals surface area contributed by atoms with Crippen LogP contribution in [0, 0.1) is 17.7 Å². The third-order valence-corrected chi connectivity index (χ3v) is 5.06. The number of amides is 2. The molecular weight excluding hydrogens is 550 g/mol. The molecule has 40 heavy (non-hydrogen) atoms. The molecule has 3 rings (SSSR count). The molecule has 0 spiro atoms. The molecule has 0 fully saturated rings. The van der Waals surface area contributed by atoms with Gasteiger partial charge in [-0.25, -0.2) is 25.0 Å². The number of nitrogens with two attached hydrogens (primary N) is 2. The summed E-state index contributed by atoms with van der Waals surface area (Å²) >= 11 is 0. The highest BCUT2D eigenvalue weighted by molar-refractivity contribution is 6.04. The first-order valence-corrected chi connectivity index (χ1v) is 11.0. The van der Waals surface area contributed by atoms with Gasteiger partial charge in [0.05, 0.1) is 34.9 Å². The summed E-state index contributed by atoms with van der Waals surface area (Å²) in [7, 11) is 1.31. The molecule has 0 aliphatic carbocycles. The second-order valence-corrected chi connectivity index (χ2v) is 8.00. The van der Waals surface area contributed by atoms with Crippen LogP contribution in [-0.4, -0.2) is 39.0 Å². The molecule has 0 radical (unpaired) electrons. The lowest BCUT2D eigenvalue weighted by Gasteiger charge is -2.21. The number of ether oxygens (including phenoxy) is 1. The number of nitrogens with one attached hydrogen (secondary N) is 2. The molecule has 3 aromatic rings. The normalized spacial score (nSPS) is 12.7. The van der Waals surface area contributed by atoms with Crippen LogP contribution < -0.4 is 22.2 Å². The number of nitrogens with zero attached hydrogens (tertiary/aromatic N) is 4. The van der Waals surface area contributed by atoms with Gasteiger partial charge in [0.1, 0.15) is 23.3 Å². The number of halogens is 6. The SMILES string of the molecule is C[C@@H](OC(=O)N/C(=C(/N)c1ccc(NC(=O)c2ccc(C(F)(F)F)nc2F)cn1)N(C)N)c1cc(F)cnc1F. The quantitative estimate of drug-likeness (QED) is 0.144. The molecule has 0 bridgehead atoms. The first kappa shape index (κ1) is 29.6. The van der Waals surface area contributed by atoms with E-state index in [1.54, 1.807) is 0 Å². The average molecular weight is 570 g/mol. The van der Waals surface area contributed by atoms with Gasteiger partial charge in [-0.2, -0.15) is 22.0 Å². The number of carbonyl (C=O) groups is 2. The van der Waals surface area contributed by atoms with Crippen LogP contribution in [-0.2, 0) is 10.9 Å². The van der Waals surface area contributed by atoms with Gasteiger partial charge in [0, 0.05) is 7.05 Å². The van der Waals surface area contributed by atoms with Crippen molar-refractivity contribution >= 4 is 23.4 Å². The molecule has 0 saturated carbocycles. The van der Waals surface area contributed by atoms with E-state index in [-0.39, 0.29) is 28.5 Å². The van der Waals surface area contributed by atoms with E-state index in [9.17, 15) is 35.9 Å². The number of pyridine rings is 3. The van der Waals surface area contributed by atoms with E-state index in [0.717, 1.165) is 17.3 Å². The second kappa shape index (κ2) is 11.9. The van der Waals surface area contributed by atoms with Gasteiger partial charge in [0.2, 0.25) is 11.9 Å². The standard InChI is InChI=1S/C23H20F6N8O3/c1-10(14-7-11(24)8-33-18(14)25)40-22(39)36-20(37(2)31)17(30)15-5-3-12(9-32-15)34-21(38)13-4-6-16(23(27,28)29)35-19(13)26/h3-10H,30-31H2,1-2H3,(H,34,38)(H,36,39)/b20-17-/t10-/m1/s1. The summed E-state index contributed by atoms with van der Waals surface area (Å²) in [6, 6.07) is 4.46. The van der Waals surface area contributed by atoms with Gasteiger partial charge in [0.15, 0.2) is 5.82 Å². The molecule has 11 nitrogen and oxygen atoms in total. The van der Waals surface area contributed by atoms with Gasteiger partial charge >= 0.3 is 12.3 Å². The van der Waals surface area contributed by atoms with E-state index in [2.05, 4.69) is 25.6 Å². The van der Waals surface area contributed by atoms with Crippen molar-refractivity contribution < 1.29 is 40.7 Å². The lowest BCUT2D eigenvalue weighted by Crippen LogP contribution is -2.39. The molecule has 0 unspecified atom stereocenters. The minimum atomic E-state index is -4.89. The highest BCUT2D eigenvalue weighted by Crippen LogP contribution is 2.28. The van der Waals surface area contributed by atoms with Crippen LogP contribution in [0.15, 0.2) is 48.5 Å². The molecule has 0 aliphatic heterocycles. The molecule has 212 valence electrons. The van der Waals surface area contributed by atoms with Crippen LogP contribution in [0.4, 0.5) is 36.8 Å². The summed E-state index contributed by atoms with van der Waals surface area (Å²) in [6.45, 7) is 1.28. The highest BCUT2D eigenvalue weighted by Gasteiger charge is 2.33.